The number of amides is 1. The number of aromatic nitrogens is 3. The molecule has 1 atom stereocenters. The molecule has 0 bridgehead atoms. The Labute approximate surface area is 174 Å². The van der Waals surface area contributed by atoms with Gasteiger partial charge < -0.3 is 24.1 Å². The van der Waals surface area contributed by atoms with Crippen LogP contribution in [0.1, 0.15) is 37.4 Å². The molecule has 1 aliphatic heterocycles. The van der Waals surface area contributed by atoms with Gasteiger partial charge in [0.1, 0.15) is 17.3 Å². The molecule has 1 saturated carbocycles. The van der Waals surface area contributed by atoms with E-state index in [1.807, 2.05) is 0 Å². The van der Waals surface area contributed by atoms with E-state index in [-0.39, 0.29) is 17.8 Å². The van der Waals surface area contributed by atoms with Crippen molar-refractivity contribution in [1.29, 1.82) is 0 Å². The standard InChI is InChI=1S/C20H26N4O4S/c1-26-14-7-8-16(17(10-14)27-2)21-18(25)12-29-20-23-22-19(13-5-6-13)24(20)11-15-4-3-9-28-15/h7-8,10,13,15H,3-6,9,11-12H2,1-2H3,(H,21,25). The van der Waals surface area contributed by atoms with Crippen LogP contribution in [0.4, 0.5) is 5.69 Å². The number of benzene rings is 1. The molecule has 0 radical (unpaired) electrons. The molecule has 8 nitrogen and oxygen atoms in total. The van der Waals surface area contributed by atoms with Crippen LogP contribution in [0, 0.1) is 0 Å². The Bertz CT molecular complexity index is 862. The topological polar surface area (TPSA) is 87.5 Å². The summed E-state index contributed by atoms with van der Waals surface area (Å²) in [5.74, 6) is 2.86. The van der Waals surface area contributed by atoms with Crippen molar-refractivity contribution >= 4 is 23.4 Å². The predicted molar refractivity (Wildman–Crippen MR) is 110 cm³/mol. The van der Waals surface area contributed by atoms with Crippen LogP contribution in [0.15, 0.2) is 23.4 Å². The van der Waals surface area contributed by atoms with E-state index in [0.717, 1.165) is 49.8 Å². The number of thioether (sulfide) groups is 1. The smallest absolute Gasteiger partial charge is 0.234 e. The van der Waals surface area contributed by atoms with Crippen LogP contribution >= 0.6 is 11.8 Å². The summed E-state index contributed by atoms with van der Waals surface area (Å²) in [5, 5.41) is 12.4. The quantitative estimate of drug-likeness (QED) is 0.626. The third-order valence-electron chi connectivity index (χ3n) is 5.11. The third-order valence-corrected chi connectivity index (χ3v) is 6.08. The van der Waals surface area contributed by atoms with Gasteiger partial charge in [-0.3, -0.25) is 4.79 Å². The van der Waals surface area contributed by atoms with Crippen LogP contribution in [0.25, 0.3) is 0 Å². The van der Waals surface area contributed by atoms with Crippen molar-refractivity contribution in [3.8, 4) is 11.5 Å². The number of hydrogen-bond donors (Lipinski definition) is 1. The van der Waals surface area contributed by atoms with Gasteiger partial charge in [0, 0.05) is 18.6 Å². The maximum Gasteiger partial charge on any atom is 0.234 e. The molecule has 2 aromatic rings. The average molecular weight is 419 g/mol. The van der Waals surface area contributed by atoms with E-state index in [1.54, 1.807) is 32.4 Å². The Morgan fingerprint density at radius 1 is 1.28 bits per heavy atom. The summed E-state index contributed by atoms with van der Waals surface area (Å²) in [6.07, 6.45) is 4.68. The summed E-state index contributed by atoms with van der Waals surface area (Å²) in [5.41, 5.74) is 0.610. The zero-order valence-corrected chi connectivity index (χ0v) is 17.5. The van der Waals surface area contributed by atoms with E-state index >= 15 is 0 Å². The monoisotopic (exact) mass is 418 g/mol. The number of anilines is 1. The lowest BCUT2D eigenvalue weighted by Crippen LogP contribution is -2.19. The summed E-state index contributed by atoms with van der Waals surface area (Å²) in [6, 6.07) is 5.29. The third kappa shape index (κ3) is 4.84. The van der Waals surface area contributed by atoms with E-state index < -0.39 is 0 Å². The molecule has 2 aliphatic rings. The fourth-order valence-corrected chi connectivity index (χ4v) is 4.19. The minimum Gasteiger partial charge on any atom is -0.497 e. The summed E-state index contributed by atoms with van der Waals surface area (Å²) >= 11 is 1.40. The van der Waals surface area contributed by atoms with Crippen LogP contribution in [-0.4, -0.2) is 53.4 Å². The predicted octanol–water partition coefficient (Wildman–Crippen LogP) is 3.08. The van der Waals surface area contributed by atoms with Crippen LogP contribution < -0.4 is 14.8 Å². The number of nitrogens with one attached hydrogen (secondary N) is 1. The molecule has 9 heteroatoms. The van der Waals surface area contributed by atoms with Gasteiger partial charge in [-0.25, -0.2) is 0 Å². The summed E-state index contributed by atoms with van der Waals surface area (Å²) in [6.45, 7) is 1.58. The zero-order chi connectivity index (χ0) is 20.2. The van der Waals surface area contributed by atoms with E-state index in [4.69, 9.17) is 14.2 Å². The molecule has 2 heterocycles. The van der Waals surface area contributed by atoms with Crippen molar-refractivity contribution < 1.29 is 19.0 Å². The molecule has 1 saturated heterocycles. The van der Waals surface area contributed by atoms with Gasteiger partial charge in [-0.15, -0.1) is 10.2 Å². The molecule has 1 aromatic carbocycles. The first kappa shape index (κ1) is 20.0. The highest BCUT2D eigenvalue weighted by Gasteiger charge is 2.32. The Kier molecular flexibility index (Phi) is 6.25. The Hall–Kier alpha value is -2.26. The van der Waals surface area contributed by atoms with Crippen molar-refractivity contribution in [3.63, 3.8) is 0 Å². The van der Waals surface area contributed by atoms with E-state index in [9.17, 15) is 4.79 Å². The van der Waals surface area contributed by atoms with Crippen LogP contribution in [0.5, 0.6) is 11.5 Å². The van der Waals surface area contributed by atoms with Crippen LogP contribution in [-0.2, 0) is 16.1 Å². The first-order valence-electron chi connectivity index (χ1n) is 9.87. The van der Waals surface area contributed by atoms with Crippen molar-refractivity contribution in [3.05, 3.63) is 24.0 Å². The van der Waals surface area contributed by atoms with Gasteiger partial charge in [-0.05, 0) is 37.8 Å². The molecular weight excluding hydrogens is 392 g/mol. The maximum absolute atomic E-state index is 12.5. The molecule has 1 unspecified atom stereocenters. The van der Waals surface area contributed by atoms with Gasteiger partial charge in [0.15, 0.2) is 5.16 Å². The van der Waals surface area contributed by atoms with E-state index in [2.05, 4.69) is 20.1 Å². The van der Waals surface area contributed by atoms with Crippen LogP contribution in [0.3, 0.4) is 0 Å². The molecule has 1 aliphatic carbocycles. The lowest BCUT2D eigenvalue weighted by molar-refractivity contribution is -0.113. The van der Waals surface area contributed by atoms with Gasteiger partial charge in [0.25, 0.3) is 0 Å². The zero-order valence-electron chi connectivity index (χ0n) is 16.7. The van der Waals surface area contributed by atoms with Gasteiger partial charge >= 0.3 is 0 Å². The van der Waals surface area contributed by atoms with E-state index in [0.29, 0.717) is 23.1 Å². The SMILES string of the molecule is COc1ccc(NC(=O)CSc2nnc(C3CC3)n2CC2CCCO2)c(OC)c1. The average Bonchev–Trinajstić information content (AvgIpc) is 3.30. The molecule has 2 fully saturated rings. The molecule has 1 aromatic heterocycles. The Morgan fingerprint density at radius 2 is 2.14 bits per heavy atom. The van der Waals surface area contributed by atoms with Crippen molar-refractivity contribution in [2.45, 2.75) is 49.4 Å². The highest BCUT2D eigenvalue weighted by atomic mass is 32.2. The number of rotatable bonds is 9. The molecular formula is C20H26N4O4S. The number of carbonyl (C=O) groups is 1. The summed E-state index contributed by atoms with van der Waals surface area (Å²) in [7, 11) is 3.15. The van der Waals surface area contributed by atoms with E-state index in [1.165, 1.54) is 11.8 Å². The highest BCUT2D eigenvalue weighted by Crippen LogP contribution is 2.40. The molecule has 4 rings (SSSR count). The maximum atomic E-state index is 12.5. The molecule has 29 heavy (non-hydrogen) atoms. The summed E-state index contributed by atoms with van der Waals surface area (Å²) in [4.78, 5) is 12.5. The lowest BCUT2D eigenvalue weighted by atomic mass is 10.2. The van der Waals surface area contributed by atoms with Gasteiger partial charge in [-0.1, -0.05) is 11.8 Å². The molecule has 0 spiro atoms. The molecule has 156 valence electrons. The molecule has 1 amide bonds. The normalized spacial score (nSPS) is 18.6. The van der Waals surface area contributed by atoms with Gasteiger partial charge in [0.05, 0.1) is 38.3 Å². The molecule has 1 N–H and O–H groups in total. The van der Waals surface area contributed by atoms with Crippen molar-refractivity contribution in [2.24, 2.45) is 0 Å². The number of hydrogen-bond acceptors (Lipinski definition) is 7. The lowest BCUT2D eigenvalue weighted by Gasteiger charge is -2.14. The van der Waals surface area contributed by atoms with Crippen molar-refractivity contribution in [1.82, 2.24) is 14.8 Å². The van der Waals surface area contributed by atoms with Crippen LogP contribution in [0.2, 0.25) is 0 Å². The fraction of sp³-hybridized carbons (Fsp3) is 0.550. The van der Waals surface area contributed by atoms with Gasteiger partial charge in [0.2, 0.25) is 5.91 Å². The first-order chi connectivity index (χ1) is 14.2. The minimum absolute atomic E-state index is 0.127. The van der Waals surface area contributed by atoms with Crippen molar-refractivity contribution in [2.75, 3.05) is 31.9 Å². The fourth-order valence-electron chi connectivity index (χ4n) is 3.43. The second-order valence-corrected chi connectivity index (χ2v) is 8.21. The Balaban J connectivity index is 1.40. The number of nitrogens with zero attached hydrogens (tertiary/aromatic N) is 3. The highest BCUT2D eigenvalue weighted by molar-refractivity contribution is 7.99. The summed E-state index contributed by atoms with van der Waals surface area (Å²) < 4.78 is 18.5. The number of methoxy groups -OCH3 is 2. The second-order valence-electron chi connectivity index (χ2n) is 7.26. The number of ether oxygens (including phenoxy) is 3. The largest absolute Gasteiger partial charge is 0.497 e. The number of carbonyl (C=O) groups excluding carboxylic acids is 1. The van der Waals surface area contributed by atoms with Gasteiger partial charge in [-0.2, -0.15) is 0 Å². The Morgan fingerprint density at radius 3 is 2.83 bits per heavy atom. The second kappa shape index (κ2) is 9.04. The first-order valence-corrected chi connectivity index (χ1v) is 10.9. The minimum atomic E-state index is -0.127.